The molecular weight excluding hydrogens is 620 g/mol. The van der Waals surface area contributed by atoms with Crippen LogP contribution in [0.5, 0.6) is 0 Å². The van der Waals surface area contributed by atoms with Gasteiger partial charge >= 0.3 is 6.16 Å². The van der Waals surface area contributed by atoms with Crippen molar-refractivity contribution in [2.45, 2.75) is 89.3 Å². The van der Waals surface area contributed by atoms with Crippen molar-refractivity contribution in [1.82, 2.24) is 0 Å². The minimum atomic E-state index is -2.29. The van der Waals surface area contributed by atoms with E-state index in [1.165, 1.54) is 12.2 Å². The van der Waals surface area contributed by atoms with E-state index in [4.69, 9.17) is 25.9 Å². The van der Waals surface area contributed by atoms with Crippen LogP contribution in [0.25, 0.3) is 0 Å². The Hall–Kier alpha value is -2.82. The molecule has 8 nitrogen and oxygen atoms in total. The summed E-state index contributed by atoms with van der Waals surface area (Å²) < 4.78 is 44.1. The van der Waals surface area contributed by atoms with Gasteiger partial charge in [0.15, 0.2) is 23.7 Å². The number of hydroxylamine groups is 1. The Kier molecular flexibility index (Phi) is 8.64. The van der Waals surface area contributed by atoms with Crippen LogP contribution in [-0.2, 0) is 23.9 Å². The van der Waals surface area contributed by atoms with Gasteiger partial charge < -0.3 is 14.6 Å². The smallest absolute Gasteiger partial charge is 0.434 e. The third-order valence-corrected chi connectivity index (χ3v) is 11.9. The van der Waals surface area contributed by atoms with Crippen LogP contribution >= 0.6 is 11.6 Å². The average Bonchev–Trinajstić information content (AvgIpc) is 3.52. The van der Waals surface area contributed by atoms with Crippen molar-refractivity contribution in [1.29, 1.82) is 0 Å². The van der Waals surface area contributed by atoms with Crippen LogP contribution in [-0.4, -0.2) is 66.1 Å². The Balaban J connectivity index is 1.32. The van der Waals surface area contributed by atoms with Crippen molar-refractivity contribution in [3.8, 4) is 0 Å². The summed E-state index contributed by atoms with van der Waals surface area (Å²) in [7, 11) is 0. The summed E-state index contributed by atoms with van der Waals surface area (Å²) >= 11 is 6.12. The molecule has 3 saturated carbocycles. The normalized spacial score (nSPS) is 39.2. The third kappa shape index (κ3) is 4.84. The molecule has 0 spiro atoms. The van der Waals surface area contributed by atoms with Gasteiger partial charge in [-0.15, -0.1) is 0 Å². The number of fused-ring (bicyclic) bond motifs is 7. The number of aliphatic hydroxyl groups is 1. The van der Waals surface area contributed by atoms with Crippen LogP contribution in [0.4, 0.5) is 19.3 Å². The molecule has 4 fully saturated rings. The standard InChI is InChI=1S/C35H42ClF2NO7/c1-4-5-6-7-14-44-31(43)45-20-30(42)35-21(19-39(46-35)23-10-8-22(36)9-11-23)15-25-26-17-28(37)27-16-24(40)12-13-32(27,2)34(26,38)29(41)18-33(25,35)3/h8-13,16,21,25-26,28-29,41H,4-7,14-15,17-20H2,1-3H3/t21-,25-,26-,28-,29-,32-,33-,34-,35-/m0/s1. The van der Waals surface area contributed by atoms with E-state index in [2.05, 4.69) is 6.92 Å². The summed E-state index contributed by atoms with van der Waals surface area (Å²) in [5, 5.41) is 13.9. The lowest BCUT2D eigenvalue weighted by Gasteiger charge is -2.63. The number of halogens is 3. The predicted octanol–water partition coefficient (Wildman–Crippen LogP) is 6.68. The Bertz CT molecular complexity index is 1450. The second-order valence-electron chi connectivity index (χ2n) is 14.0. The molecule has 6 rings (SSSR count). The summed E-state index contributed by atoms with van der Waals surface area (Å²) in [5.74, 6) is -2.96. The highest BCUT2D eigenvalue weighted by molar-refractivity contribution is 6.30. The minimum absolute atomic E-state index is 0.0390. The quantitative estimate of drug-likeness (QED) is 0.231. The lowest BCUT2D eigenvalue weighted by atomic mass is 9.44. The molecule has 1 aromatic carbocycles. The van der Waals surface area contributed by atoms with E-state index < -0.39 is 76.5 Å². The number of Topliss-reactive ketones (excluding diaryl/α,β-unsaturated/α-hetero) is 1. The monoisotopic (exact) mass is 661 g/mol. The summed E-state index contributed by atoms with van der Waals surface area (Å²) in [4.78, 5) is 45.7. The van der Waals surface area contributed by atoms with E-state index in [0.717, 1.165) is 25.3 Å². The van der Waals surface area contributed by atoms with E-state index in [0.29, 0.717) is 23.6 Å². The minimum Gasteiger partial charge on any atom is -0.434 e. The molecule has 9 atom stereocenters. The second kappa shape index (κ2) is 12.0. The van der Waals surface area contributed by atoms with Gasteiger partial charge in [-0.3, -0.25) is 19.5 Å². The van der Waals surface area contributed by atoms with Gasteiger partial charge in [-0.2, -0.15) is 0 Å². The van der Waals surface area contributed by atoms with E-state index in [1.54, 1.807) is 43.2 Å². The number of nitrogens with zero attached hydrogens (tertiary/aromatic N) is 1. The highest BCUT2D eigenvalue weighted by Crippen LogP contribution is 2.72. The van der Waals surface area contributed by atoms with Gasteiger partial charge in [0.2, 0.25) is 5.78 Å². The highest BCUT2D eigenvalue weighted by Gasteiger charge is 2.79. The van der Waals surface area contributed by atoms with Crippen LogP contribution < -0.4 is 5.06 Å². The molecule has 4 aliphatic carbocycles. The molecule has 1 aliphatic heterocycles. The fourth-order valence-electron chi connectivity index (χ4n) is 9.47. The number of benzene rings is 1. The van der Waals surface area contributed by atoms with Gasteiger partial charge in [0.1, 0.15) is 6.17 Å². The maximum absolute atomic E-state index is 17.7. The molecule has 1 aromatic rings. The number of allylic oxidation sites excluding steroid dienone is 4. The van der Waals surface area contributed by atoms with Gasteiger partial charge in [0.25, 0.3) is 0 Å². The van der Waals surface area contributed by atoms with E-state index in [-0.39, 0.29) is 31.6 Å². The van der Waals surface area contributed by atoms with Crippen molar-refractivity contribution in [2.75, 3.05) is 24.8 Å². The van der Waals surface area contributed by atoms with Crippen molar-refractivity contribution in [3.05, 3.63) is 53.1 Å². The van der Waals surface area contributed by atoms with Crippen LogP contribution in [0, 0.1) is 28.6 Å². The summed E-state index contributed by atoms with van der Waals surface area (Å²) in [6.45, 7) is 5.23. The summed E-state index contributed by atoms with van der Waals surface area (Å²) in [6.07, 6.45) is 3.18. The van der Waals surface area contributed by atoms with E-state index in [9.17, 15) is 19.5 Å². The number of hydrogen-bond donors (Lipinski definition) is 1. The molecule has 46 heavy (non-hydrogen) atoms. The summed E-state index contributed by atoms with van der Waals surface area (Å²) in [5.41, 5.74) is -5.91. The second-order valence-corrected chi connectivity index (χ2v) is 14.5. The Morgan fingerprint density at radius 1 is 1.11 bits per heavy atom. The number of alkyl halides is 2. The van der Waals surface area contributed by atoms with Crippen molar-refractivity contribution in [2.24, 2.45) is 28.6 Å². The zero-order valence-electron chi connectivity index (χ0n) is 26.5. The van der Waals surface area contributed by atoms with Crippen LogP contribution in [0.2, 0.25) is 5.02 Å². The molecule has 1 heterocycles. The topological polar surface area (TPSA) is 102 Å². The number of rotatable bonds is 9. The number of hydrogen-bond acceptors (Lipinski definition) is 8. The Morgan fingerprint density at radius 2 is 1.85 bits per heavy atom. The molecule has 1 saturated heterocycles. The number of carbonyl (C=O) groups excluding carboxylic acids is 3. The lowest BCUT2D eigenvalue weighted by Crippen LogP contribution is -2.70. The van der Waals surface area contributed by atoms with Crippen LogP contribution in [0.1, 0.15) is 65.7 Å². The Labute approximate surface area is 273 Å². The average molecular weight is 662 g/mol. The first-order valence-corrected chi connectivity index (χ1v) is 16.7. The first-order valence-electron chi connectivity index (χ1n) is 16.3. The molecule has 0 unspecified atom stereocenters. The van der Waals surface area contributed by atoms with Crippen molar-refractivity contribution < 1.29 is 42.6 Å². The number of anilines is 1. The molecule has 5 aliphatic rings. The summed E-state index contributed by atoms with van der Waals surface area (Å²) in [6, 6.07) is 6.92. The number of ether oxygens (including phenoxy) is 2. The fraction of sp³-hybridized carbons (Fsp3) is 0.629. The zero-order chi connectivity index (χ0) is 33.1. The van der Waals surface area contributed by atoms with E-state index in [1.807, 2.05) is 0 Å². The van der Waals surface area contributed by atoms with Crippen molar-refractivity contribution >= 4 is 35.0 Å². The largest absolute Gasteiger partial charge is 0.508 e. The molecule has 0 amide bonds. The molecule has 0 aromatic heterocycles. The molecule has 1 N–H and O–H groups in total. The molecule has 0 radical (unpaired) electrons. The zero-order valence-corrected chi connectivity index (χ0v) is 27.2. The SMILES string of the molecule is CCCCCCOC(=O)OCC(=O)[C@@]12ON(c3ccc(Cl)cc3)C[C@@H]1C[C@H]1[C@@H]3C[C@H](F)C4=CC(=O)C=C[C@]4(C)[C@@]3(F)[C@@H](O)C[C@@]12C. The van der Waals surface area contributed by atoms with Crippen LogP contribution in [0.15, 0.2) is 48.1 Å². The fourth-order valence-corrected chi connectivity index (χ4v) is 9.59. The van der Waals surface area contributed by atoms with Crippen LogP contribution in [0.3, 0.4) is 0 Å². The van der Waals surface area contributed by atoms with Crippen molar-refractivity contribution in [3.63, 3.8) is 0 Å². The first-order chi connectivity index (χ1) is 21.8. The van der Waals surface area contributed by atoms with Gasteiger partial charge in [-0.1, -0.05) is 50.8 Å². The van der Waals surface area contributed by atoms with Gasteiger partial charge in [-0.05, 0) is 80.5 Å². The van der Waals surface area contributed by atoms with Gasteiger partial charge in [-0.25, -0.2) is 13.6 Å². The molecule has 11 heteroatoms. The lowest BCUT2D eigenvalue weighted by molar-refractivity contribution is -0.228. The predicted molar refractivity (Wildman–Crippen MR) is 167 cm³/mol. The van der Waals surface area contributed by atoms with Gasteiger partial charge in [0, 0.05) is 27.7 Å². The number of unbranched alkanes of at least 4 members (excludes halogenated alkanes) is 3. The first kappa shape index (κ1) is 33.1. The number of carbonyl (C=O) groups is 3. The maximum Gasteiger partial charge on any atom is 0.508 e. The number of ketones is 2. The molecule has 0 bridgehead atoms. The van der Waals surface area contributed by atoms with E-state index >= 15 is 8.78 Å². The number of aliphatic hydroxyl groups excluding tert-OH is 1. The maximum atomic E-state index is 17.7. The van der Waals surface area contributed by atoms with Gasteiger partial charge in [0.05, 0.1) is 24.9 Å². The molecular formula is C35H42ClF2NO7. The highest BCUT2D eigenvalue weighted by atomic mass is 35.5. The molecule has 250 valence electrons. The Morgan fingerprint density at radius 3 is 2.57 bits per heavy atom. The third-order valence-electron chi connectivity index (χ3n) is 11.7.